The van der Waals surface area contributed by atoms with Crippen molar-refractivity contribution in [3.8, 4) is 0 Å². The number of aromatic amines is 1. The molecular weight excluding hydrogens is 180 g/mol. The summed E-state index contributed by atoms with van der Waals surface area (Å²) in [5.74, 6) is 0. The van der Waals surface area contributed by atoms with Crippen LogP contribution in [0.3, 0.4) is 0 Å². The second-order valence-electron chi connectivity index (χ2n) is 3.14. The molecule has 2 rings (SSSR count). The summed E-state index contributed by atoms with van der Waals surface area (Å²) in [6, 6.07) is 3.42. The number of aliphatic hydroxyl groups is 1. The van der Waals surface area contributed by atoms with Crippen LogP contribution in [-0.2, 0) is 6.61 Å². The van der Waals surface area contributed by atoms with Crippen LogP contribution in [0.25, 0.3) is 10.9 Å². The Morgan fingerprint density at radius 3 is 3.07 bits per heavy atom. The average molecular weight is 190 g/mol. The first-order valence-corrected chi connectivity index (χ1v) is 4.31. The van der Waals surface area contributed by atoms with Crippen LogP contribution in [0.5, 0.6) is 0 Å². The van der Waals surface area contributed by atoms with Crippen molar-refractivity contribution in [3.63, 3.8) is 0 Å². The Kier molecular flexibility index (Phi) is 2.05. The molecule has 0 bridgehead atoms. The molecule has 0 aromatic carbocycles. The highest BCUT2D eigenvalue weighted by Gasteiger charge is 2.03. The van der Waals surface area contributed by atoms with E-state index in [1.807, 2.05) is 6.92 Å². The number of rotatable bonds is 1. The SMILES string of the molecule is Cc1nccc2[nH]c(=O)c(CO)cc12. The van der Waals surface area contributed by atoms with Gasteiger partial charge in [-0.05, 0) is 19.1 Å². The van der Waals surface area contributed by atoms with E-state index >= 15 is 0 Å². The molecule has 0 unspecified atom stereocenters. The van der Waals surface area contributed by atoms with Crippen molar-refractivity contribution in [2.24, 2.45) is 0 Å². The first-order valence-electron chi connectivity index (χ1n) is 4.31. The van der Waals surface area contributed by atoms with Crippen LogP contribution in [-0.4, -0.2) is 15.1 Å². The lowest BCUT2D eigenvalue weighted by molar-refractivity contribution is 0.280. The van der Waals surface area contributed by atoms with Crippen molar-refractivity contribution in [1.29, 1.82) is 0 Å². The molecule has 0 fully saturated rings. The molecule has 0 spiro atoms. The molecule has 0 atom stereocenters. The van der Waals surface area contributed by atoms with Gasteiger partial charge in [0, 0.05) is 22.8 Å². The van der Waals surface area contributed by atoms with Crippen LogP contribution >= 0.6 is 0 Å². The van der Waals surface area contributed by atoms with Crippen molar-refractivity contribution in [2.45, 2.75) is 13.5 Å². The zero-order chi connectivity index (χ0) is 10.1. The molecule has 0 radical (unpaired) electrons. The molecule has 0 amide bonds. The highest BCUT2D eigenvalue weighted by molar-refractivity contribution is 5.80. The molecule has 0 aliphatic rings. The van der Waals surface area contributed by atoms with Gasteiger partial charge < -0.3 is 10.1 Å². The van der Waals surface area contributed by atoms with Crippen LogP contribution in [0.4, 0.5) is 0 Å². The zero-order valence-corrected chi connectivity index (χ0v) is 7.74. The molecule has 0 saturated heterocycles. The van der Waals surface area contributed by atoms with Gasteiger partial charge in [-0.1, -0.05) is 0 Å². The zero-order valence-electron chi connectivity index (χ0n) is 7.74. The molecule has 72 valence electrons. The van der Waals surface area contributed by atoms with Crippen LogP contribution in [0, 0.1) is 6.92 Å². The Morgan fingerprint density at radius 2 is 2.36 bits per heavy atom. The van der Waals surface area contributed by atoms with Crippen molar-refractivity contribution in [3.05, 3.63) is 39.9 Å². The molecule has 2 aromatic rings. The Bertz CT molecular complexity index is 531. The summed E-state index contributed by atoms with van der Waals surface area (Å²) in [7, 11) is 0. The number of aromatic nitrogens is 2. The Labute approximate surface area is 80.2 Å². The Morgan fingerprint density at radius 1 is 1.57 bits per heavy atom. The van der Waals surface area contributed by atoms with Gasteiger partial charge in [0.05, 0.1) is 12.1 Å². The minimum atomic E-state index is -0.250. The number of H-pyrrole nitrogens is 1. The minimum Gasteiger partial charge on any atom is -0.391 e. The van der Waals surface area contributed by atoms with Gasteiger partial charge in [-0.25, -0.2) is 0 Å². The van der Waals surface area contributed by atoms with Crippen LogP contribution in [0.15, 0.2) is 23.1 Å². The van der Waals surface area contributed by atoms with Gasteiger partial charge in [-0.2, -0.15) is 0 Å². The van der Waals surface area contributed by atoms with Gasteiger partial charge in [0.25, 0.3) is 5.56 Å². The van der Waals surface area contributed by atoms with Gasteiger partial charge in [0.2, 0.25) is 0 Å². The number of hydrogen-bond acceptors (Lipinski definition) is 3. The van der Waals surface area contributed by atoms with Gasteiger partial charge >= 0.3 is 0 Å². The van der Waals surface area contributed by atoms with Gasteiger partial charge in [0.1, 0.15) is 0 Å². The third-order valence-corrected chi connectivity index (χ3v) is 2.22. The predicted octanol–water partition coefficient (Wildman–Crippen LogP) is 0.724. The lowest BCUT2D eigenvalue weighted by Crippen LogP contribution is -2.12. The lowest BCUT2D eigenvalue weighted by Gasteiger charge is -2.02. The molecule has 0 saturated carbocycles. The maximum Gasteiger partial charge on any atom is 0.253 e. The first-order chi connectivity index (χ1) is 6.72. The van der Waals surface area contributed by atoms with E-state index in [-0.39, 0.29) is 12.2 Å². The number of hydrogen-bond donors (Lipinski definition) is 2. The van der Waals surface area contributed by atoms with Gasteiger partial charge in [-0.3, -0.25) is 9.78 Å². The number of aliphatic hydroxyl groups excluding tert-OH is 1. The minimum absolute atomic E-state index is 0.245. The molecule has 4 nitrogen and oxygen atoms in total. The highest BCUT2D eigenvalue weighted by atomic mass is 16.3. The van der Waals surface area contributed by atoms with Gasteiger partial charge in [-0.15, -0.1) is 0 Å². The average Bonchev–Trinajstić information content (AvgIpc) is 2.17. The first kappa shape index (κ1) is 8.90. The second kappa shape index (κ2) is 3.23. The third-order valence-electron chi connectivity index (χ3n) is 2.22. The summed E-state index contributed by atoms with van der Waals surface area (Å²) in [5.41, 5.74) is 1.72. The summed E-state index contributed by atoms with van der Waals surface area (Å²) in [4.78, 5) is 18.1. The molecule has 14 heavy (non-hydrogen) atoms. The standard InChI is InChI=1S/C10H10N2O2/c1-6-8-4-7(5-13)10(14)12-9(8)2-3-11-6/h2-4,13H,5H2,1H3,(H,12,14). The van der Waals surface area contributed by atoms with E-state index in [2.05, 4.69) is 9.97 Å². The molecular formula is C10H10N2O2. The van der Waals surface area contributed by atoms with Crippen LogP contribution in [0.1, 0.15) is 11.3 Å². The van der Waals surface area contributed by atoms with Crippen molar-refractivity contribution in [2.75, 3.05) is 0 Å². The van der Waals surface area contributed by atoms with Crippen LogP contribution < -0.4 is 5.56 Å². The lowest BCUT2D eigenvalue weighted by atomic mass is 10.1. The maximum atomic E-state index is 11.3. The molecule has 2 heterocycles. The number of aryl methyl sites for hydroxylation is 1. The summed E-state index contributed by atoms with van der Waals surface area (Å²) in [5, 5.41) is 9.80. The summed E-state index contributed by atoms with van der Waals surface area (Å²) < 4.78 is 0. The van der Waals surface area contributed by atoms with Gasteiger partial charge in [0.15, 0.2) is 0 Å². The van der Waals surface area contributed by atoms with E-state index < -0.39 is 0 Å². The number of nitrogens with zero attached hydrogens (tertiary/aromatic N) is 1. The molecule has 4 heteroatoms. The van der Waals surface area contributed by atoms with Crippen molar-refractivity contribution in [1.82, 2.24) is 9.97 Å². The normalized spacial score (nSPS) is 10.7. The van der Waals surface area contributed by atoms with Crippen molar-refractivity contribution < 1.29 is 5.11 Å². The Balaban J connectivity index is 2.87. The predicted molar refractivity (Wildman–Crippen MR) is 53.0 cm³/mol. The molecule has 2 aromatic heterocycles. The molecule has 0 aliphatic heterocycles. The monoisotopic (exact) mass is 190 g/mol. The van der Waals surface area contributed by atoms with E-state index in [1.54, 1.807) is 18.3 Å². The third kappa shape index (κ3) is 1.29. The van der Waals surface area contributed by atoms with E-state index in [0.29, 0.717) is 5.56 Å². The highest BCUT2D eigenvalue weighted by Crippen LogP contribution is 2.12. The van der Waals surface area contributed by atoms with E-state index in [4.69, 9.17) is 5.11 Å². The van der Waals surface area contributed by atoms with E-state index in [1.165, 1.54) is 0 Å². The second-order valence-corrected chi connectivity index (χ2v) is 3.14. The summed E-state index contributed by atoms with van der Waals surface area (Å²) in [6.07, 6.45) is 1.65. The smallest absolute Gasteiger partial charge is 0.253 e. The van der Waals surface area contributed by atoms with E-state index in [0.717, 1.165) is 16.6 Å². The fourth-order valence-electron chi connectivity index (χ4n) is 1.43. The number of nitrogens with one attached hydrogen (secondary N) is 1. The van der Waals surface area contributed by atoms with Crippen molar-refractivity contribution >= 4 is 10.9 Å². The van der Waals surface area contributed by atoms with Crippen LogP contribution in [0.2, 0.25) is 0 Å². The molecule has 0 aliphatic carbocycles. The number of pyridine rings is 2. The summed E-state index contributed by atoms with van der Waals surface area (Å²) >= 11 is 0. The maximum absolute atomic E-state index is 11.3. The Hall–Kier alpha value is -1.68. The topological polar surface area (TPSA) is 66.0 Å². The molecule has 2 N–H and O–H groups in total. The quantitative estimate of drug-likeness (QED) is 0.696. The fourth-order valence-corrected chi connectivity index (χ4v) is 1.43. The van der Waals surface area contributed by atoms with E-state index in [9.17, 15) is 4.79 Å². The largest absolute Gasteiger partial charge is 0.391 e. The fraction of sp³-hybridized carbons (Fsp3) is 0.200. The summed E-state index contributed by atoms with van der Waals surface area (Å²) in [6.45, 7) is 1.61. The number of fused-ring (bicyclic) bond motifs is 1.